The summed E-state index contributed by atoms with van der Waals surface area (Å²) in [5.41, 5.74) is 5.17. The summed E-state index contributed by atoms with van der Waals surface area (Å²) in [6.45, 7) is 8.77. The van der Waals surface area contributed by atoms with E-state index in [0.29, 0.717) is 18.9 Å². The SMILES string of the molecule is COC(=O)NC(C(=O)N1CCC[C@H]1c1ncc(-c2ccc3cc(C#Cc4ccc5nc([C@@H]6CCCN6C(=O)[C@@H](NC(=O)OC)C(C)C)[nH]c5c4)ccc3c2)[nH]1)C(C)C. The number of nitrogens with zero attached hydrogens (tertiary/aromatic N) is 4. The number of carbonyl (C=O) groups is 4. The zero-order valence-electron chi connectivity index (χ0n) is 33.7. The monoisotopic (exact) mass is 786 g/mol. The van der Waals surface area contributed by atoms with Crippen LogP contribution < -0.4 is 10.6 Å². The van der Waals surface area contributed by atoms with Gasteiger partial charge in [-0.3, -0.25) is 9.59 Å². The molecular weight excluding hydrogens is 737 g/mol. The Kier molecular flexibility index (Phi) is 11.7. The van der Waals surface area contributed by atoms with Gasteiger partial charge in [-0.05, 0) is 84.7 Å². The molecule has 0 bridgehead atoms. The average molecular weight is 787 g/mol. The summed E-state index contributed by atoms with van der Waals surface area (Å²) in [4.78, 5) is 71.1. The van der Waals surface area contributed by atoms with Crippen LogP contribution >= 0.6 is 0 Å². The predicted octanol–water partition coefficient (Wildman–Crippen LogP) is 6.59. The van der Waals surface area contributed by atoms with Crippen molar-refractivity contribution in [3.63, 3.8) is 0 Å². The third-order valence-electron chi connectivity index (χ3n) is 11.1. The number of aromatic nitrogens is 4. The van der Waals surface area contributed by atoms with Gasteiger partial charge in [0.05, 0.1) is 49.2 Å². The van der Waals surface area contributed by atoms with E-state index < -0.39 is 24.3 Å². The van der Waals surface area contributed by atoms with Gasteiger partial charge >= 0.3 is 12.2 Å². The first-order chi connectivity index (χ1) is 27.9. The highest BCUT2D eigenvalue weighted by Gasteiger charge is 2.39. The Balaban J connectivity index is 1.04. The van der Waals surface area contributed by atoms with Gasteiger partial charge in [0.1, 0.15) is 23.7 Å². The van der Waals surface area contributed by atoms with Crippen LogP contribution in [0.4, 0.5) is 9.59 Å². The third kappa shape index (κ3) is 8.34. The van der Waals surface area contributed by atoms with E-state index >= 15 is 0 Å². The first-order valence-corrected chi connectivity index (χ1v) is 19.8. The third-order valence-corrected chi connectivity index (χ3v) is 11.1. The maximum Gasteiger partial charge on any atom is 0.407 e. The highest BCUT2D eigenvalue weighted by atomic mass is 16.5. The number of hydrogen-bond acceptors (Lipinski definition) is 8. The van der Waals surface area contributed by atoms with E-state index in [1.54, 1.807) is 11.1 Å². The van der Waals surface area contributed by atoms with Gasteiger partial charge in [-0.15, -0.1) is 0 Å². The Bertz CT molecular complexity index is 2410. The van der Waals surface area contributed by atoms with Crippen LogP contribution in [0.3, 0.4) is 0 Å². The van der Waals surface area contributed by atoms with Crippen molar-refractivity contribution in [1.29, 1.82) is 0 Å². The van der Waals surface area contributed by atoms with E-state index in [1.165, 1.54) is 14.2 Å². The Morgan fingerprint density at radius 3 is 1.88 bits per heavy atom. The van der Waals surface area contributed by atoms with Crippen molar-refractivity contribution in [2.75, 3.05) is 27.3 Å². The average Bonchev–Trinajstić information content (AvgIpc) is 4.06. The molecule has 14 nitrogen and oxygen atoms in total. The number of carbonyl (C=O) groups excluding carboxylic acids is 4. The molecule has 5 aromatic rings. The summed E-state index contributed by atoms with van der Waals surface area (Å²) in [5.74, 6) is 7.53. The molecular formula is C44H50N8O6. The van der Waals surface area contributed by atoms with Gasteiger partial charge in [0.15, 0.2) is 0 Å². The number of nitrogens with one attached hydrogen (secondary N) is 4. The first-order valence-electron chi connectivity index (χ1n) is 19.8. The minimum Gasteiger partial charge on any atom is -0.453 e. The number of fused-ring (bicyclic) bond motifs is 2. The van der Waals surface area contributed by atoms with Crippen LogP contribution in [0.25, 0.3) is 33.1 Å². The summed E-state index contributed by atoms with van der Waals surface area (Å²) < 4.78 is 9.52. The van der Waals surface area contributed by atoms with Crippen molar-refractivity contribution in [3.8, 4) is 23.1 Å². The minimum atomic E-state index is -0.697. The molecule has 58 heavy (non-hydrogen) atoms. The lowest BCUT2D eigenvalue weighted by molar-refractivity contribution is -0.136. The molecule has 2 aliphatic rings. The molecule has 2 saturated heterocycles. The lowest BCUT2D eigenvalue weighted by Crippen LogP contribution is -2.51. The smallest absolute Gasteiger partial charge is 0.407 e. The lowest BCUT2D eigenvalue weighted by Gasteiger charge is -2.30. The fourth-order valence-electron chi connectivity index (χ4n) is 7.94. The number of amides is 4. The molecule has 0 spiro atoms. The second-order valence-corrected chi connectivity index (χ2v) is 15.7. The molecule has 302 valence electrons. The lowest BCUT2D eigenvalue weighted by atomic mass is 10.0. The van der Waals surface area contributed by atoms with Crippen LogP contribution in [0.5, 0.6) is 0 Å². The second kappa shape index (κ2) is 17.0. The Labute approximate surface area is 337 Å². The minimum absolute atomic E-state index is 0.109. The van der Waals surface area contributed by atoms with E-state index in [2.05, 4.69) is 56.7 Å². The Morgan fingerprint density at radius 1 is 0.724 bits per heavy atom. The maximum atomic E-state index is 13.6. The number of imidazole rings is 2. The van der Waals surface area contributed by atoms with Gasteiger partial charge in [0.25, 0.3) is 0 Å². The summed E-state index contributed by atoms with van der Waals surface area (Å²) in [6.07, 6.45) is 3.78. The highest BCUT2D eigenvalue weighted by Crippen LogP contribution is 2.35. The molecule has 14 heteroatoms. The molecule has 4 amide bonds. The van der Waals surface area contributed by atoms with Crippen molar-refractivity contribution < 1.29 is 28.7 Å². The zero-order valence-corrected chi connectivity index (χ0v) is 33.7. The molecule has 2 aromatic heterocycles. The molecule has 4 atom stereocenters. The number of ether oxygens (including phenoxy) is 2. The summed E-state index contributed by atoms with van der Waals surface area (Å²) >= 11 is 0. The summed E-state index contributed by atoms with van der Waals surface area (Å²) in [7, 11) is 2.58. The number of H-pyrrole nitrogens is 2. The number of likely N-dealkylation sites (tertiary alicyclic amines) is 2. The largest absolute Gasteiger partial charge is 0.453 e. The molecule has 2 fully saturated rings. The van der Waals surface area contributed by atoms with Crippen LogP contribution in [-0.4, -0.2) is 93.1 Å². The van der Waals surface area contributed by atoms with Crippen LogP contribution in [0.15, 0.2) is 60.8 Å². The normalized spacial score (nSPS) is 17.7. The van der Waals surface area contributed by atoms with Crippen molar-refractivity contribution in [1.82, 2.24) is 40.4 Å². The van der Waals surface area contributed by atoms with E-state index in [1.807, 2.05) is 62.9 Å². The molecule has 4 N–H and O–H groups in total. The Hall–Kier alpha value is -6.36. The van der Waals surface area contributed by atoms with Crippen molar-refractivity contribution >= 4 is 45.8 Å². The van der Waals surface area contributed by atoms with Crippen LogP contribution in [0.1, 0.15) is 88.2 Å². The molecule has 2 aliphatic heterocycles. The van der Waals surface area contributed by atoms with E-state index in [0.717, 1.165) is 75.7 Å². The van der Waals surface area contributed by atoms with Gasteiger partial charge in [-0.1, -0.05) is 57.7 Å². The summed E-state index contributed by atoms with van der Waals surface area (Å²) in [5, 5.41) is 7.49. The van der Waals surface area contributed by atoms with E-state index in [4.69, 9.17) is 19.4 Å². The van der Waals surface area contributed by atoms with Crippen LogP contribution in [0, 0.1) is 23.7 Å². The number of alkyl carbamates (subject to hydrolysis) is 2. The van der Waals surface area contributed by atoms with Gasteiger partial charge in [-0.2, -0.15) is 0 Å². The van der Waals surface area contributed by atoms with Crippen LogP contribution in [-0.2, 0) is 19.1 Å². The fourth-order valence-corrected chi connectivity index (χ4v) is 7.94. The van der Waals surface area contributed by atoms with Gasteiger partial charge in [0.2, 0.25) is 11.8 Å². The number of benzene rings is 3. The molecule has 0 saturated carbocycles. The number of methoxy groups -OCH3 is 2. The van der Waals surface area contributed by atoms with Gasteiger partial charge in [0, 0.05) is 29.8 Å². The predicted molar refractivity (Wildman–Crippen MR) is 219 cm³/mol. The standard InChI is InChI=1S/C44H50N8O6/c1-25(2)37(49-43(55)57-5)41(53)51-19-7-9-35(51)39-45-24-34(48-39)31-17-16-29-21-27(13-15-30(29)23-31)11-12-28-14-18-32-33(22-28)47-40(46-32)36-10-8-20-52(36)42(54)38(26(3)4)50-44(56)58-6/h13-18,21-26,35-38H,7-10,19-20H2,1-6H3,(H,45,48)(H,46,47)(H,49,55)(H,50,56)/t35-,36-,37?,38-/m0/s1. The number of rotatable bonds is 9. The molecule has 4 heterocycles. The van der Waals surface area contributed by atoms with Crippen molar-refractivity contribution in [2.24, 2.45) is 11.8 Å². The molecule has 1 unspecified atom stereocenters. The highest BCUT2D eigenvalue weighted by molar-refractivity contribution is 5.89. The first kappa shape index (κ1) is 39.9. The van der Waals surface area contributed by atoms with E-state index in [9.17, 15) is 19.2 Å². The number of hydrogen-bond donors (Lipinski definition) is 4. The molecule has 7 rings (SSSR count). The van der Waals surface area contributed by atoms with E-state index in [-0.39, 0.29) is 35.7 Å². The molecule has 3 aromatic carbocycles. The molecule has 0 radical (unpaired) electrons. The quantitative estimate of drug-likeness (QED) is 0.121. The van der Waals surface area contributed by atoms with Gasteiger partial charge in [-0.25, -0.2) is 19.6 Å². The fraction of sp³-hybridized carbons (Fsp3) is 0.409. The van der Waals surface area contributed by atoms with Gasteiger partial charge < -0.3 is 39.9 Å². The maximum absolute atomic E-state index is 13.6. The van der Waals surface area contributed by atoms with Crippen molar-refractivity contribution in [3.05, 3.63) is 83.6 Å². The summed E-state index contributed by atoms with van der Waals surface area (Å²) in [6, 6.07) is 16.4. The second-order valence-electron chi connectivity index (χ2n) is 15.7. The molecule has 0 aliphatic carbocycles. The topological polar surface area (TPSA) is 175 Å². The van der Waals surface area contributed by atoms with Crippen molar-refractivity contribution in [2.45, 2.75) is 77.5 Å². The van der Waals surface area contributed by atoms with Crippen LogP contribution in [0.2, 0.25) is 0 Å². The Morgan fingerprint density at radius 2 is 1.28 bits per heavy atom. The zero-order chi connectivity index (χ0) is 41.1. The number of aromatic amines is 2.